The van der Waals surface area contributed by atoms with Crippen molar-refractivity contribution in [3.8, 4) is 11.5 Å². The van der Waals surface area contributed by atoms with E-state index in [0.29, 0.717) is 23.9 Å². The number of oxazole rings is 1. The lowest BCUT2D eigenvalue weighted by molar-refractivity contribution is 0.0941. The molecule has 1 aliphatic heterocycles. The molecule has 0 atom stereocenters. The van der Waals surface area contributed by atoms with Gasteiger partial charge in [-0.15, -0.1) is 0 Å². The standard InChI is InChI=1S/C15H22N6O2/c1-11-13(19-15(23-11)12-9-18-20(2)10-12)14(22)17-5-8-21-6-3-16-4-7-21/h9-10,16H,3-8H2,1-2H3,(H,17,22). The predicted molar refractivity (Wildman–Crippen MR) is 85.1 cm³/mol. The quantitative estimate of drug-likeness (QED) is 0.808. The summed E-state index contributed by atoms with van der Waals surface area (Å²) in [5.74, 6) is 0.739. The second-order valence-electron chi connectivity index (χ2n) is 5.67. The van der Waals surface area contributed by atoms with Crippen LogP contribution in [0.3, 0.4) is 0 Å². The van der Waals surface area contributed by atoms with E-state index in [-0.39, 0.29) is 5.91 Å². The SMILES string of the molecule is Cc1oc(-c2cnn(C)c2)nc1C(=O)NCCN1CCNCC1. The normalized spacial score (nSPS) is 15.7. The highest BCUT2D eigenvalue weighted by Crippen LogP contribution is 2.20. The fourth-order valence-electron chi connectivity index (χ4n) is 2.61. The summed E-state index contributed by atoms with van der Waals surface area (Å²) in [5, 5.41) is 10.3. The number of carbonyl (C=O) groups excluding carboxylic acids is 1. The molecule has 1 saturated heterocycles. The van der Waals surface area contributed by atoms with Crippen molar-refractivity contribution in [3.63, 3.8) is 0 Å². The molecular weight excluding hydrogens is 296 g/mol. The Bertz CT molecular complexity index is 671. The van der Waals surface area contributed by atoms with Gasteiger partial charge in [-0.05, 0) is 6.92 Å². The number of amides is 1. The zero-order valence-electron chi connectivity index (χ0n) is 13.5. The third kappa shape index (κ3) is 3.77. The molecule has 1 amide bonds. The minimum Gasteiger partial charge on any atom is -0.440 e. The number of hydrogen-bond donors (Lipinski definition) is 2. The highest BCUT2D eigenvalue weighted by molar-refractivity contribution is 5.93. The van der Waals surface area contributed by atoms with Crippen LogP contribution in [0.2, 0.25) is 0 Å². The van der Waals surface area contributed by atoms with Crippen LogP contribution in [0.25, 0.3) is 11.5 Å². The van der Waals surface area contributed by atoms with Gasteiger partial charge in [-0.3, -0.25) is 14.4 Å². The Morgan fingerprint density at radius 3 is 2.91 bits per heavy atom. The first-order valence-electron chi connectivity index (χ1n) is 7.81. The lowest BCUT2D eigenvalue weighted by Crippen LogP contribution is -2.46. The highest BCUT2D eigenvalue weighted by atomic mass is 16.4. The Morgan fingerprint density at radius 1 is 1.43 bits per heavy atom. The van der Waals surface area contributed by atoms with Crippen molar-refractivity contribution in [3.05, 3.63) is 23.8 Å². The second-order valence-corrected chi connectivity index (χ2v) is 5.67. The fraction of sp³-hybridized carbons (Fsp3) is 0.533. The van der Waals surface area contributed by atoms with Gasteiger partial charge >= 0.3 is 0 Å². The average Bonchev–Trinajstić information content (AvgIpc) is 3.14. The number of rotatable bonds is 5. The van der Waals surface area contributed by atoms with Crippen LogP contribution in [0, 0.1) is 6.92 Å². The number of piperazine rings is 1. The molecule has 3 heterocycles. The summed E-state index contributed by atoms with van der Waals surface area (Å²) in [6.45, 7) is 7.24. The van der Waals surface area contributed by atoms with Gasteiger partial charge in [0.25, 0.3) is 5.91 Å². The minimum absolute atomic E-state index is 0.198. The highest BCUT2D eigenvalue weighted by Gasteiger charge is 2.19. The molecule has 2 N–H and O–H groups in total. The van der Waals surface area contributed by atoms with Crippen molar-refractivity contribution in [2.24, 2.45) is 7.05 Å². The van der Waals surface area contributed by atoms with E-state index in [9.17, 15) is 4.79 Å². The summed E-state index contributed by atoms with van der Waals surface area (Å²) in [6.07, 6.45) is 3.47. The van der Waals surface area contributed by atoms with Crippen molar-refractivity contribution in [1.29, 1.82) is 0 Å². The average molecular weight is 318 g/mol. The van der Waals surface area contributed by atoms with Crippen molar-refractivity contribution in [2.45, 2.75) is 6.92 Å². The van der Waals surface area contributed by atoms with E-state index in [1.54, 1.807) is 24.0 Å². The molecule has 0 saturated carbocycles. The van der Waals surface area contributed by atoms with Crippen LogP contribution in [0.5, 0.6) is 0 Å². The zero-order valence-corrected chi connectivity index (χ0v) is 13.5. The first-order valence-corrected chi connectivity index (χ1v) is 7.81. The molecule has 23 heavy (non-hydrogen) atoms. The number of aromatic nitrogens is 3. The van der Waals surface area contributed by atoms with E-state index < -0.39 is 0 Å². The van der Waals surface area contributed by atoms with Crippen LogP contribution in [0.1, 0.15) is 16.2 Å². The van der Waals surface area contributed by atoms with Gasteiger partial charge in [-0.2, -0.15) is 5.10 Å². The number of nitrogens with zero attached hydrogens (tertiary/aromatic N) is 4. The van der Waals surface area contributed by atoms with E-state index in [4.69, 9.17) is 4.42 Å². The molecule has 2 aromatic heterocycles. The molecule has 124 valence electrons. The summed E-state index contributed by atoms with van der Waals surface area (Å²) in [6, 6.07) is 0. The van der Waals surface area contributed by atoms with Crippen molar-refractivity contribution in [1.82, 2.24) is 30.3 Å². The maximum absolute atomic E-state index is 12.3. The van der Waals surface area contributed by atoms with E-state index in [2.05, 4.69) is 25.6 Å². The summed E-state index contributed by atoms with van der Waals surface area (Å²) < 4.78 is 7.26. The summed E-state index contributed by atoms with van der Waals surface area (Å²) in [5.41, 5.74) is 1.10. The molecule has 3 rings (SSSR count). The van der Waals surface area contributed by atoms with Crippen LogP contribution in [-0.4, -0.2) is 64.8 Å². The van der Waals surface area contributed by atoms with Gasteiger partial charge in [-0.1, -0.05) is 0 Å². The topological polar surface area (TPSA) is 88.2 Å². The van der Waals surface area contributed by atoms with Gasteiger partial charge in [0.05, 0.1) is 11.8 Å². The molecule has 1 fully saturated rings. The Balaban J connectivity index is 1.57. The monoisotopic (exact) mass is 318 g/mol. The van der Waals surface area contributed by atoms with E-state index >= 15 is 0 Å². The summed E-state index contributed by atoms with van der Waals surface area (Å²) >= 11 is 0. The zero-order chi connectivity index (χ0) is 16.2. The van der Waals surface area contributed by atoms with Crippen LogP contribution in [0.4, 0.5) is 0 Å². The van der Waals surface area contributed by atoms with Crippen LogP contribution < -0.4 is 10.6 Å². The number of nitrogens with one attached hydrogen (secondary N) is 2. The Hall–Kier alpha value is -2.19. The molecule has 0 spiro atoms. The first kappa shape index (κ1) is 15.7. The third-order valence-corrected chi connectivity index (χ3v) is 3.89. The van der Waals surface area contributed by atoms with Gasteiger partial charge in [0, 0.05) is 52.5 Å². The van der Waals surface area contributed by atoms with Crippen molar-refractivity contribution >= 4 is 5.91 Å². The molecule has 0 unspecified atom stereocenters. The Morgan fingerprint density at radius 2 is 2.22 bits per heavy atom. The molecule has 8 heteroatoms. The molecule has 2 aromatic rings. The Kier molecular flexibility index (Phi) is 4.73. The molecular formula is C15H22N6O2. The molecule has 0 bridgehead atoms. The van der Waals surface area contributed by atoms with Crippen molar-refractivity contribution in [2.75, 3.05) is 39.3 Å². The van der Waals surface area contributed by atoms with E-state index in [0.717, 1.165) is 38.3 Å². The lowest BCUT2D eigenvalue weighted by Gasteiger charge is -2.26. The third-order valence-electron chi connectivity index (χ3n) is 3.89. The minimum atomic E-state index is -0.198. The van der Waals surface area contributed by atoms with Crippen LogP contribution in [0.15, 0.2) is 16.8 Å². The van der Waals surface area contributed by atoms with Gasteiger partial charge in [0.15, 0.2) is 5.69 Å². The predicted octanol–water partition coefficient (Wildman–Crippen LogP) is 0.0185. The molecule has 0 aliphatic carbocycles. The van der Waals surface area contributed by atoms with Gasteiger partial charge in [0.2, 0.25) is 5.89 Å². The number of carbonyl (C=O) groups is 1. The first-order chi connectivity index (χ1) is 11.1. The maximum atomic E-state index is 12.3. The second kappa shape index (κ2) is 6.93. The van der Waals surface area contributed by atoms with Crippen LogP contribution in [-0.2, 0) is 7.05 Å². The molecule has 8 nitrogen and oxygen atoms in total. The van der Waals surface area contributed by atoms with Gasteiger partial charge in [0.1, 0.15) is 5.76 Å². The fourth-order valence-corrected chi connectivity index (χ4v) is 2.61. The largest absolute Gasteiger partial charge is 0.440 e. The smallest absolute Gasteiger partial charge is 0.273 e. The Labute approximate surface area is 134 Å². The van der Waals surface area contributed by atoms with E-state index in [1.807, 2.05) is 7.05 Å². The summed E-state index contributed by atoms with van der Waals surface area (Å²) in [7, 11) is 1.82. The molecule has 0 radical (unpaired) electrons. The summed E-state index contributed by atoms with van der Waals surface area (Å²) in [4.78, 5) is 18.9. The number of hydrogen-bond acceptors (Lipinski definition) is 6. The van der Waals surface area contributed by atoms with Gasteiger partial charge < -0.3 is 15.1 Å². The molecule has 0 aromatic carbocycles. The molecule has 1 aliphatic rings. The van der Waals surface area contributed by atoms with Gasteiger partial charge in [-0.25, -0.2) is 4.98 Å². The van der Waals surface area contributed by atoms with Crippen LogP contribution >= 0.6 is 0 Å². The lowest BCUT2D eigenvalue weighted by atomic mass is 10.3. The number of aryl methyl sites for hydroxylation is 2. The van der Waals surface area contributed by atoms with E-state index in [1.165, 1.54) is 0 Å². The maximum Gasteiger partial charge on any atom is 0.273 e. The van der Waals surface area contributed by atoms with Crippen molar-refractivity contribution < 1.29 is 9.21 Å².